The molecule has 26 heavy (non-hydrogen) atoms. The number of para-hydroxylation sites is 1. The van der Waals surface area contributed by atoms with Crippen LogP contribution in [0, 0.1) is 6.92 Å². The molecule has 0 spiro atoms. The van der Waals surface area contributed by atoms with Crippen molar-refractivity contribution in [2.24, 2.45) is 0 Å². The van der Waals surface area contributed by atoms with Crippen molar-refractivity contribution < 1.29 is 9.53 Å². The molecule has 1 aromatic carbocycles. The Morgan fingerprint density at radius 3 is 3.08 bits per heavy atom. The smallest absolute Gasteiger partial charge is 0.221 e. The van der Waals surface area contributed by atoms with Gasteiger partial charge in [0.25, 0.3) is 0 Å². The molecule has 0 fully saturated rings. The number of hydrogen-bond acceptors (Lipinski definition) is 3. The van der Waals surface area contributed by atoms with Gasteiger partial charge in [-0.15, -0.1) is 0 Å². The minimum absolute atomic E-state index is 0.0207. The lowest BCUT2D eigenvalue weighted by molar-refractivity contribution is -0.121. The highest BCUT2D eigenvalue weighted by molar-refractivity contribution is 5.78. The summed E-state index contributed by atoms with van der Waals surface area (Å²) in [6, 6.07) is 12.0. The van der Waals surface area contributed by atoms with Gasteiger partial charge in [-0.05, 0) is 30.7 Å². The summed E-state index contributed by atoms with van der Waals surface area (Å²) in [6.45, 7) is 6.64. The highest BCUT2D eigenvalue weighted by Crippen LogP contribution is 2.37. The largest absolute Gasteiger partial charge is 0.489 e. The van der Waals surface area contributed by atoms with Crippen LogP contribution < -0.4 is 10.1 Å². The van der Waals surface area contributed by atoms with Gasteiger partial charge in [-0.2, -0.15) is 0 Å². The number of aromatic nitrogens is 2. The third-order valence-corrected chi connectivity index (χ3v) is 4.72. The van der Waals surface area contributed by atoms with Gasteiger partial charge in [0.2, 0.25) is 5.91 Å². The van der Waals surface area contributed by atoms with Crippen molar-refractivity contribution in [1.82, 2.24) is 14.7 Å². The number of amides is 1. The Kier molecular flexibility index (Phi) is 4.21. The van der Waals surface area contributed by atoms with Gasteiger partial charge in [-0.1, -0.05) is 30.9 Å². The third kappa shape index (κ3) is 2.86. The minimum Gasteiger partial charge on any atom is -0.489 e. The Hall–Kier alpha value is -3.08. The van der Waals surface area contributed by atoms with Crippen molar-refractivity contribution in [3.8, 4) is 5.75 Å². The molecule has 132 valence electrons. The fourth-order valence-corrected chi connectivity index (χ4v) is 3.56. The maximum Gasteiger partial charge on any atom is 0.221 e. The Labute approximate surface area is 152 Å². The average Bonchev–Trinajstić information content (AvgIpc) is 2.91. The van der Waals surface area contributed by atoms with Crippen molar-refractivity contribution in [2.45, 2.75) is 25.8 Å². The lowest BCUT2D eigenvalue weighted by Crippen LogP contribution is -2.21. The normalized spacial score (nSPS) is 16.7. The van der Waals surface area contributed by atoms with Crippen LogP contribution in [0.4, 0.5) is 0 Å². The summed E-state index contributed by atoms with van der Waals surface area (Å²) in [6.07, 6.45) is 4.12. The molecule has 4 rings (SSSR count). The second-order valence-corrected chi connectivity index (χ2v) is 6.55. The zero-order valence-electron chi connectivity index (χ0n) is 14.7. The average molecular weight is 347 g/mol. The number of carbonyl (C=O) groups excluding carboxylic acids is 1. The van der Waals surface area contributed by atoms with E-state index in [1.54, 1.807) is 6.08 Å². The van der Waals surface area contributed by atoms with Crippen LogP contribution in [0.3, 0.4) is 0 Å². The second-order valence-electron chi connectivity index (χ2n) is 6.55. The number of ether oxygens (including phenoxy) is 1. The van der Waals surface area contributed by atoms with Crippen LogP contribution in [0.15, 0.2) is 55.3 Å². The van der Waals surface area contributed by atoms with Gasteiger partial charge >= 0.3 is 0 Å². The summed E-state index contributed by atoms with van der Waals surface area (Å²) in [5, 5.41) is 2.97. The molecular formula is C21H21N3O2. The highest BCUT2D eigenvalue weighted by atomic mass is 16.5. The van der Waals surface area contributed by atoms with Gasteiger partial charge in [0.05, 0.1) is 17.9 Å². The van der Waals surface area contributed by atoms with Crippen LogP contribution >= 0.6 is 0 Å². The van der Waals surface area contributed by atoms with E-state index in [0.29, 0.717) is 19.6 Å². The molecule has 1 amide bonds. The van der Waals surface area contributed by atoms with E-state index < -0.39 is 0 Å². The van der Waals surface area contributed by atoms with Crippen molar-refractivity contribution in [3.63, 3.8) is 0 Å². The molecule has 1 aliphatic rings. The first-order chi connectivity index (χ1) is 12.7. The molecule has 1 aliphatic heterocycles. The number of imidazole rings is 1. The van der Waals surface area contributed by atoms with Crippen LogP contribution in [-0.2, 0) is 11.3 Å². The molecule has 5 nitrogen and oxygen atoms in total. The number of pyridine rings is 1. The lowest BCUT2D eigenvalue weighted by Gasteiger charge is -2.19. The number of nitrogens with zero attached hydrogens (tertiary/aromatic N) is 2. The van der Waals surface area contributed by atoms with Crippen molar-refractivity contribution in [3.05, 3.63) is 77.8 Å². The molecule has 3 heterocycles. The zero-order valence-corrected chi connectivity index (χ0v) is 14.7. The van der Waals surface area contributed by atoms with Gasteiger partial charge in [-0.3, -0.25) is 4.79 Å². The molecule has 2 aromatic heterocycles. The standard InChI is InChI=1S/C21H21N3O2/c1-3-10-26-18-7-5-4-6-15(18)16-12-20(25)22-13-17-21(16)24-9-8-14(2)11-19(24)23-17/h3-9,11,16H,1,10,12-13H2,2H3,(H,22,25)/t16-/m0/s1. The predicted octanol–water partition coefficient (Wildman–Crippen LogP) is 3.36. The minimum atomic E-state index is -0.119. The van der Waals surface area contributed by atoms with E-state index in [0.717, 1.165) is 33.9 Å². The highest BCUT2D eigenvalue weighted by Gasteiger charge is 2.30. The fraction of sp³-hybridized carbons (Fsp3) is 0.238. The number of fused-ring (bicyclic) bond motifs is 3. The Balaban J connectivity index is 1.90. The lowest BCUT2D eigenvalue weighted by atomic mass is 9.91. The number of carbonyl (C=O) groups is 1. The molecular weight excluding hydrogens is 326 g/mol. The maximum atomic E-state index is 12.3. The van der Waals surface area contributed by atoms with Gasteiger partial charge in [0.1, 0.15) is 18.0 Å². The van der Waals surface area contributed by atoms with Crippen molar-refractivity contribution >= 4 is 11.6 Å². The number of aryl methyl sites for hydroxylation is 1. The van der Waals surface area contributed by atoms with Crippen molar-refractivity contribution in [1.29, 1.82) is 0 Å². The zero-order chi connectivity index (χ0) is 18.1. The summed E-state index contributed by atoms with van der Waals surface area (Å²) in [5.41, 5.74) is 5.02. The molecule has 3 aromatic rings. The molecule has 0 aliphatic carbocycles. The van der Waals surface area contributed by atoms with E-state index in [-0.39, 0.29) is 11.8 Å². The van der Waals surface area contributed by atoms with E-state index in [1.165, 1.54) is 0 Å². The molecule has 5 heteroatoms. The monoisotopic (exact) mass is 347 g/mol. The van der Waals surface area contributed by atoms with Crippen LogP contribution in [0.1, 0.15) is 34.9 Å². The van der Waals surface area contributed by atoms with Crippen LogP contribution in [0.5, 0.6) is 5.75 Å². The molecule has 0 radical (unpaired) electrons. The fourth-order valence-electron chi connectivity index (χ4n) is 3.56. The quantitative estimate of drug-likeness (QED) is 0.736. The number of rotatable bonds is 4. The Morgan fingerprint density at radius 2 is 2.23 bits per heavy atom. The number of nitrogens with one attached hydrogen (secondary N) is 1. The van der Waals surface area contributed by atoms with Gasteiger partial charge in [-0.25, -0.2) is 4.98 Å². The molecule has 1 atom stereocenters. The van der Waals surface area contributed by atoms with Gasteiger partial charge < -0.3 is 14.5 Å². The molecule has 1 N–H and O–H groups in total. The van der Waals surface area contributed by atoms with Gasteiger partial charge in [0, 0.05) is 24.1 Å². The Morgan fingerprint density at radius 1 is 1.38 bits per heavy atom. The summed E-state index contributed by atoms with van der Waals surface area (Å²) >= 11 is 0. The molecule has 0 saturated heterocycles. The topological polar surface area (TPSA) is 55.6 Å². The molecule has 0 unspecified atom stereocenters. The maximum absolute atomic E-state index is 12.3. The van der Waals surface area contributed by atoms with Crippen LogP contribution in [0.2, 0.25) is 0 Å². The Bertz CT molecular complexity index is 990. The summed E-state index contributed by atoms with van der Waals surface area (Å²) in [4.78, 5) is 17.1. The van der Waals surface area contributed by atoms with Crippen molar-refractivity contribution in [2.75, 3.05) is 6.61 Å². The molecule has 0 saturated carbocycles. The van der Waals surface area contributed by atoms with Crippen LogP contribution in [0.25, 0.3) is 5.65 Å². The number of benzene rings is 1. The van der Waals surface area contributed by atoms with E-state index in [2.05, 4.69) is 35.4 Å². The van der Waals surface area contributed by atoms with Crippen LogP contribution in [-0.4, -0.2) is 21.9 Å². The second kappa shape index (κ2) is 6.67. The molecule has 0 bridgehead atoms. The first-order valence-electron chi connectivity index (χ1n) is 8.74. The summed E-state index contributed by atoms with van der Waals surface area (Å²) < 4.78 is 7.95. The summed E-state index contributed by atoms with van der Waals surface area (Å²) in [7, 11) is 0. The first-order valence-corrected chi connectivity index (χ1v) is 8.74. The number of hydrogen-bond donors (Lipinski definition) is 1. The van der Waals surface area contributed by atoms with Gasteiger partial charge in [0.15, 0.2) is 0 Å². The SMILES string of the molecule is C=CCOc1ccccc1[C@@H]1CC(=O)NCc2nc3cc(C)ccn3c21. The van der Waals surface area contributed by atoms with E-state index in [1.807, 2.05) is 30.5 Å². The predicted molar refractivity (Wildman–Crippen MR) is 100 cm³/mol. The first kappa shape index (κ1) is 16.4. The van der Waals surface area contributed by atoms with E-state index in [9.17, 15) is 4.79 Å². The summed E-state index contributed by atoms with van der Waals surface area (Å²) in [5.74, 6) is 0.679. The third-order valence-electron chi connectivity index (χ3n) is 4.72. The van der Waals surface area contributed by atoms with E-state index in [4.69, 9.17) is 9.72 Å². The van der Waals surface area contributed by atoms with E-state index >= 15 is 0 Å².